The molecule has 0 unspecified atom stereocenters. The summed E-state index contributed by atoms with van der Waals surface area (Å²) in [6.07, 6.45) is 3.24. The Hall–Kier alpha value is -3.33. The Labute approximate surface area is 145 Å². The largest absolute Gasteiger partial charge is 0.505 e. The number of benzene rings is 3. The lowest BCUT2D eigenvalue weighted by Gasteiger charge is -2.02. The Morgan fingerprint density at radius 2 is 1.80 bits per heavy atom. The van der Waals surface area contributed by atoms with Crippen LogP contribution in [0.4, 0.5) is 0 Å². The highest BCUT2D eigenvalue weighted by Crippen LogP contribution is 2.34. The summed E-state index contributed by atoms with van der Waals surface area (Å²) in [5.74, 6) is -0.229. The van der Waals surface area contributed by atoms with E-state index in [1.54, 1.807) is 12.1 Å². The topological polar surface area (TPSA) is 53.1 Å². The van der Waals surface area contributed by atoms with E-state index < -0.39 is 0 Å². The van der Waals surface area contributed by atoms with Crippen LogP contribution in [0.25, 0.3) is 27.9 Å². The van der Waals surface area contributed by atoms with Crippen molar-refractivity contribution in [3.05, 3.63) is 83.4 Å². The van der Waals surface area contributed by atoms with Crippen molar-refractivity contribution in [1.82, 2.24) is 4.98 Å². The average molecular weight is 327 g/mol. The van der Waals surface area contributed by atoms with Crippen LogP contribution in [0.2, 0.25) is 0 Å². The molecule has 0 radical (unpaired) electrons. The number of ketones is 1. The number of phenols is 1. The minimum Gasteiger partial charge on any atom is -0.505 e. The van der Waals surface area contributed by atoms with Gasteiger partial charge in [0, 0.05) is 16.3 Å². The van der Waals surface area contributed by atoms with E-state index in [0.717, 1.165) is 27.4 Å². The summed E-state index contributed by atoms with van der Waals surface area (Å²) >= 11 is 0. The molecule has 0 atom stereocenters. The van der Waals surface area contributed by atoms with Gasteiger partial charge < -0.3 is 10.1 Å². The van der Waals surface area contributed by atoms with Crippen molar-refractivity contribution in [1.29, 1.82) is 0 Å². The Morgan fingerprint density at radius 1 is 1.00 bits per heavy atom. The molecular weight excluding hydrogens is 310 g/mol. The Kier molecular flexibility index (Phi) is 3.62. The van der Waals surface area contributed by atoms with Crippen LogP contribution in [0.1, 0.15) is 21.5 Å². The minimum atomic E-state index is -0.224. The van der Waals surface area contributed by atoms with Crippen LogP contribution < -0.4 is 0 Å². The van der Waals surface area contributed by atoms with Crippen molar-refractivity contribution in [2.24, 2.45) is 0 Å². The third-order valence-corrected chi connectivity index (χ3v) is 4.40. The normalized spacial score (nSPS) is 11.6. The van der Waals surface area contributed by atoms with Crippen molar-refractivity contribution in [3.8, 4) is 5.75 Å². The number of carbonyl (C=O) groups is 1. The number of aromatic nitrogens is 1. The molecule has 0 bridgehead atoms. The number of aromatic hydroxyl groups is 1. The lowest BCUT2D eigenvalue weighted by atomic mass is 10.0. The zero-order chi connectivity index (χ0) is 17.4. The van der Waals surface area contributed by atoms with Gasteiger partial charge in [0.05, 0.1) is 11.1 Å². The molecule has 0 aliphatic rings. The van der Waals surface area contributed by atoms with Gasteiger partial charge in [0.1, 0.15) is 0 Å². The molecule has 0 saturated carbocycles. The van der Waals surface area contributed by atoms with E-state index >= 15 is 0 Å². The van der Waals surface area contributed by atoms with Gasteiger partial charge in [-0.2, -0.15) is 0 Å². The fourth-order valence-corrected chi connectivity index (χ4v) is 3.09. The third-order valence-electron chi connectivity index (χ3n) is 4.40. The lowest BCUT2D eigenvalue weighted by Crippen LogP contribution is -1.95. The summed E-state index contributed by atoms with van der Waals surface area (Å²) in [4.78, 5) is 15.7. The molecule has 3 aromatic carbocycles. The van der Waals surface area contributed by atoms with E-state index in [-0.39, 0.29) is 11.5 Å². The van der Waals surface area contributed by atoms with Crippen LogP contribution >= 0.6 is 0 Å². The fraction of sp³-hybridized carbons (Fsp3) is 0.0455. The molecule has 122 valence electrons. The van der Waals surface area contributed by atoms with Crippen molar-refractivity contribution in [3.63, 3.8) is 0 Å². The standard InChI is InChI=1S/C22H17NO2/c1-14-7-11-19-18(13-14)16-9-10-17(22(25)21(16)23-19)20(24)12-8-15-5-3-2-4-6-15/h2-13,23,25H,1H3. The summed E-state index contributed by atoms with van der Waals surface area (Å²) in [5.41, 5.74) is 3.93. The first kappa shape index (κ1) is 15.2. The summed E-state index contributed by atoms with van der Waals surface area (Å²) in [6, 6.07) is 19.3. The monoisotopic (exact) mass is 327 g/mol. The number of carbonyl (C=O) groups excluding carboxylic acids is 1. The first-order valence-corrected chi connectivity index (χ1v) is 8.15. The first-order valence-electron chi connectivity index (χ1n) is 8.15. The van der Waals surface area contributed by atoms with Gasteiger partial charge in [0.15, 0.2) is 11.5 Å². The second-order valence-corrected chi connectivity index (χ2v) is 6.17. The Morgan fingerprint density at radius 3 is 2.60 bits per heavy atom. The molecule has 0 saturated heterocycles. The van der Waals surface area contributed by atoms with Gasteiger partial charge in [-0.05, 0) is 36.8 Å². The average Bonchev–Trinajstić information content (AvgIpc) is 3.00. The highest BCUT2D eigenvalue weighted by atomic mass is 16.3. The number of nitrogens with one attached hydrogen (secondary N) is 1. The van der Waals surface area contributed by atoms with Crippen molar-refractivity contribution >= 4 is 33.7 Å². The summed E-state index contributed by atoms with van der Waals surface area (Å²) in [7, 11) is 0. The number of aromatic amines is 1. The maximum atomic E-state index is 12.5. The number of fused-ring (bicyclic) bond motifs is 3. The molecule has 0 amide bonds. The molecule has 4 aromatic rings. The fourth-order valence-electron chi connectivity index (χ4n) is 3.09. The van der Waals surface area contributed by atoms with E-state index in [0.29, 0.717) is 11.1 Å². The second-order valence-electron chi connectivity index (χ2n) is 6.17. The van der Waals surface area contributed by atoms with Gasteiger partial charge in [0.25, 0.3) is 0 Å². The zero-order valence-electron chi connectivity index (χ0n) is 13.8. The molecule has 3 nitrogen and oxygen atoms in total. The van der Waals surface area contributed by atoms with Crippen LogP contribution in [0.3, 0.4) is 0 Å². The van der Waals surface area contributed by atoms with Gasteiger partial charge in [0.2, 0.25) is 0 Å². The summed E-state index contributed by atoms with van der Waals surface area (Å²) in [5, 5.41) is 12.6. The van der Waals surface area contributed by atoms with Crippen molar-refractivity contribution < 1.29 is 9.90 Å². The summed E-state index contributed by atoms with van der Waals surface area (Å²) < 4.78 is 0. The molecule has 0 aliphatic carbocycles. The van der Waals surface area contributed by atoms with Gasteiger partial charge in [-0.1, -0.05) is 54.1 Å². The van der Waals surface area contributed by atoms with Crippen LogP contribution in [-0.4, -0.2) is 15.9 Å². The van der Waals surface area contributed by atoms with Crippen molar-refractivity contribution in [2.75, 3.05) is 0 Å². The van der Waals surface area contributed by atoms with E-state index in [1.165, 1.54) is 6.08 Å². The first-order chi connectivity index (χ1) is 12.1. The van der Waals surface area contributed by atoms with Crippen LogP contribution in [0.15, 0.2) is 66.7 Å². The zero-order valence-corrected chi connectivity index (χ0v) is 13.8. The Bertz CT molecular complexity index is 1120. The van der Waals surface area contributed by atoms with Gasteiger partial charge >= 0.3 is 0 Å². The van der Waals surface area contributed by atoms with Crippen molar-refractivity contribution in [2.45, 2.75) is 6.92 Å². The van der Waals surface area contributed by atoms with E-state index in [1.807, 2.05) is 55.5 Å². The van der Waals surface area contributed by atoms with E-state index in [2.05, 4.69) is 11.1 Å². The predicted octanol–water partition coefficient (Wildman–Crippen LogP) is 5.23. The quantitative estimate of drug-likeness (QED) is 0.400. The van der Waals surface area contributed by atoms with Gasteiger partial charge in [-0.25, -0.2) is 0 Å². The van der Waals surface area contributed by atoms with Crippen LogP contribution in [0.5, 0.6) is 5.75 Å². The number of rotatable bonds is 3. The molecule has 25 heavy (non-hydrogen) atoms. The highest BCUT2D eigenvalue weighted by Gasteiger charge is 2.15. The minimum absolute atomic E-state index is 0.00550. The molecular formula is C22H17NO2. The van der Waals surface area contributed by atoms with Crippen LogP contribution in [-0.2, 0) is 0 Å². The molecule has 1 heterocycles. The number of hydrogen-bond donors (Lipinski definition) is 2. The summed E-state index contributed by atoms with van der Waals surface area (Å²) in [6.45, 7) is 2.03. The number of hydrogen-bond acceptors (Lipinski definition) is 2. The smallest absolute Gasteiger partial charge is 0.189 e. The van der Waals surface area contributed by atoms with Crippen LogP contribution in [0, 0.1) is 6.92 Å². The highest BCUT2D eigenvalue weighted by molar-refractivity contribution is 6.15. The van der Waals surface area contributed by atoms with E-state index in [9.17, 15) is 9.90 Å². The maximum absolute atomic E-state index is 12.5. The number of H-pyrrole nitrogens is 1. The number of allylic oxidation sites excluding steroid dienone is 1. The molecule has 3 heteroatoms. The van der Waals surface area contributed by atoms with Gasteiger partial charge in [-0.15, -0.1) is 0 Å². The van der Waals surface area contributed by atoms with E-state index in [4.69, 9.17) is 0 Å². The number of phenolic OH excluding ortho intramolecular Hbond substituents is 1. The second kappa shape index (κ2) is 5.95. The van der Waals surface area contributed by atoms with Gasteiger partial charge in [-0.3, -0.25) is 4.79 Å². The maximum Gasteiger partial charge on any atom is 0.189 e. The molecule has 1 aromatic heterocycles. The number of aryl methyl sites for hydroxylation is 1. The SMILES string of the molecule is Cc1ccc2[nH]c3c(O)c(C(=O)C=Cc4ccccc4)ccc3c2c1. The molecule has 2 N–H and O–H groups in total. The molecule has 0 spiro atoms. The lowest BCUT2D eigenvalue weighted by molar-refractivity contribution is 0.104. The molecule has 0 aliphatic heterocycles. The predicted molar refractivity (Wildman–Crippen MR) is 102 cm³/mol. The molecule has 4 rings (SSSR count). The molecule has 0 fully saturated rings. The Balaban J connectivity index is 1.78. The third kappa shape index (κ3) is 2.70.